The zero-order chi connectivity index (χ0) is 13.4. The summed E-state index contributed by atoms with van der Waals surface area (Å²) >= 11 is 1.68. The van der Waals surface area contributed by atoms with E-state index in [-0.39, 0.29) is 0 Å². The topological polar surface area (TPSA) is 24.9 Å². The summed E-state index contributed by atoms with van der Waals surface area (Å²) in [6.07, 6.45) is 9.44. The summed E-state index contributed by atoms with van der Waals surface area (Å²) in [4.78, 5) is 4.34. The van der Waals surface area contributed by atoms with Crippen LogP contribution in [0.1, 0.15) is 12.8 Å². The Morgan fingerprint density at radius 2 is 2.05 bits per heavy atom. The summed E-state index contributed by atoms with van der Waals surface area (Å²) < 4.78 is 0. The second kappa shape index (κ2) is 5.06. The van der Waals surface area contributed by atoms with Crippen LogP contribution < -0.4 is 5.32 Å². The van der Waals surface area contributed by atoms with Crippen LogP contribution in [-0.4, -0.2) is 11.5 Å². The van der Waals surface area contributed by atoms with E-state index in [1.807, 2.05) is 11.6 Å². The molecule has 0 amide bonds. The van der Waals surface area contributed by atoms with Gasteiger partial charge >= 0.3 is 0 Å². The summed E-state index contributed by atoms with van der Waals surface area (Å²) in [5.74, 6) is 2.50. The van der Waals surface area contributed by atoms with Crippen LogP contribution in [0.3, 0.4) is 0 Å². The van der Waals surface area contributed by atoms with E-state index in [9.17, 15) is 0 Å². The molecular formula is C17H18N2S. The van der Waals surface area contributed by atoms with Crippen LogP contribution in [0.25, 0.3) is 10.6 Å². The van der Waals surface area contributed by atoms with Crippen LogP contribution in [-0.2, 0) is 0 Å². The minimum absolute atomic E-state index is 0.821. The molecule has 2 aliphatic rings. The summed E-state index contributed by atoms with van der Waals surface area (Å²) in [6, 6.07) is 8.64. The van der Waals surface area contributed by atoms with Gasteiger partial charge in [0.25, 0.3) is 0 Å². The lowest BCUT2D eigenvalue weighted by Crippen LogP contribution is -2.18. The average Bonchev–Trinajstić information content (AvgIpc) is 3.22. The quantitative estimate of drug-likeness (QED) is 0.839. The van der Waals surface area contributed by atoms with Gasteiger partial charge in [0.15, 0.2) is 0 Å². The predicted octanol–water partition coefficient (Wildman–Crippen LogP) is 4.43. The molecule has 102 valence electrons. The number of rotatable bonds is 4. The molecule has 0 saturated heterocycles. The Hall–Kier alpha value is -1.61. The highest BCUT2D eigenvalue weighted by Gasteiger charge is 2.35. The highest BCUT2D eigenvalue weighted by atomic mass is 32.1. The van der Waals surface area contributed by atoms with E-state index in [0.29, 0.717) is 0 Å². The third-order valence-corrected chi connectivity index (χ3v) is 5.37. The van der Waals surface area contributed by atoms with Crippen molar-refractivity contribution in [2.75, 3.05) is 11.9 Å². The Balaban J connectivity index is 1.39. The Bertz CT molecular complexity index is 600. The van der Waals surface area contributed by atoms with E-state index in [1.54, 1.807) is 11.3 Å². The van der Waals surface area contributed by atoms with Gasteiger partial charge in [-0.25, -0.2) is 4.98 Å². The molecule has 0 aliphatic heterocycles. The molecule has 1 heterocycles. The molecule has 2 aliphatic carbocycles. The van der Waals surface area contributed by atoms with E-state index < -0.39 is 0 Å². The van der Waals surface area contributed by atoms with Gasteiger partial charge in [0, 0.05) is 29.4 Å². The van der Waals surface area contributed by atoms with Crippen molar-refractivity contribution in [3.05, 3.63) is 48.0 Å². The molecule has 1 aromatic heterocycles. The number of thiazole rings is 1. The molecule has 0 radical (unpaired) electrons. The molecule has 1 fully saturated rings. The maximum absolute atomic E-state index is 4.34. The Morgan fingerprint density at radius 3 is 2.70 bits per heavy atom. The van der Waals surface area contributed by atoms with Crippen molar-refractivity contribution < 1.29 is 0 Å². The Morgan fingerprint density at radius 1 is 1.15 bits per heavy atom. The third-order valence-electron chi connectivity index (χ3n) is 4.55. The van der Waals surface area contributed by atoms with Crippen molar-refractivity contribution in [3.8, 4) is 10.6 Å². The maximum atomic E-state index is 4.34. The molecule has 1 N–H and O–H groups in total. The van der Waals surface area contributed by atoms with Crippen molar-refractivity contribution in [1.29, 1.82) is 0 Å². The van der Waals surface area contributed by atoms with E-state index in [2.05, 4.69) is 46.7 Å². The molecule has 1 aromatic carbocycles. The highest BCUT2D eigenvalue weighted by Crippen LogP contribution is 2.43. The average molecular weight is 282 g/mol. The normalized spacial score (nSPS) is 27.1. The molecule has 2 nitrogen and oxygen atoms in total. The first-order valence-electron chi connectivity index (χ1n) is 7.30. The number of benzene rings is 1. The van der Waals surface area contributed by atoms with Crippen LogP contribution in [0, 0.1) is 17.8 Å². The largest absolute Gasteiger partial charge is 0.385 e. The molecule has 2 aromatic rings. The van der Waals surface area contributed by atoms with Gasteiger partial charge in [-0.15, -0.1) is 11.3 Å². The zero-order valence-electron chi connectivity index (χ0n) is 11.3. The van der Waals surface area contributed by atoms with Crippen molar-refractivity contribution in [2.24, 2.45) is 17.8 Å². The first-order chi connectivity index (χ1) is 9.88. The lowest BCUT2D eigenvalue weighted by molar-refractivity contribution is 0.472. The van der Waals surface area contributed by atoms with Crippen LogP contribution in [0.15, 0.2) is 48.0 Å². The van der Waals surface area contributed by atoms with Crippen molar-refractivity contribution in [1.82, 2.24) is 4.98 Å². The van der Waals surface area contributed by atoms with Crippen molar-refractivity contribution >= 4 is 17.0 Å². The number of fused-ring (bicyclic) bond motifs is 2. The number of allylic oxidation sites excluding steroid dienone is 2. The SMILES string of the molecule is C1=CC2CC1CC2CNc1ccc(-c2nccs2)cc1. The molecule has 3 unspecified atom stereocenters. The fourth-order valence-electron chi connectivity index (χ4n) is 3.47. The molecule has 4 rings (SSSR count). The molecule has 0 spiro atoms. The lowest BCUT2D eigenvalue weighted by atomic mass is 9.93. The Labute approximate surface area is 123 Å². The number of hydrogen-bond donors (Lipinski definition) is 1. The van der Waals surface area contributed by atoms with Crippen LogP contribution in [0.4, 0.5) is 5.69 Å². The number of nitrogens with zero attached hydrogens (tertiary/aromatic N) is 1. The van der Waals surface area contributed by atoms with Crippen LogP contribution in [0.5, 0.6) is 0 Å². The van der Waals surface area contributed by atoms with E-state index in [0.717, 1.165) is 29.3 Å². The third kappa shape index (κ3) is 2.27. The number of anilines is 1. The minimum atomic E-state index is 0.821. The maximum Gasteiger partial charge on any atom is 0.123 e. The first kappa shape index (κ1) is 12.2. The predicted molar refractivity (Wildman–Crippen MR) is 84.9 cm³/mol. The van der Waals surface area contributed by atoms with Gasteiger partial charge in [-0.05, 0) is 54.9 Å². The van der Waals surface area contributed by atoms with Gasteiger partial charge in [0.1, 0.15) is 5.01 Å². The highest BCUT2D eigenvalue weighted by molar-refractivity contribution is 7.13. The van der Waals surface area contributed by atoms with Gasteiger partial charge in [-0.1, -0.05) is 12.2 Å². The minimum Gasteiger partial charge on any atom is -0.385 e. The van der Waals surface area contributed by atoms with E-state index >= 15 is 0 Å². The molecule has 20 heavy (non-hydrogen) atoms. The van der Waals surface area contributed by atoms with Crippen LogP contribution in [0.2, 0.25) is 0 Å². The van der Waals surface area contributed by atoms with Gasteiger partial charge in [0.05, 0.1) is 0 Å². The monoisotopic (exact) mass is 282 g/mol. The fourth-order valence-corrected chi connectivity index (χ4v) is 4.12. The van der Waals surface area contributed by atoms with Crippen LogP contribution >= 0.6 is 11.3 Å². The molecule has 3 atom stereocenters. The van der Waals surface area contributed by atoms with Gasteiger partial charge in [-0.2, -0.15) is 0 Å². The number of nitrogens with one attached hydrogen (secondary N) is 1. The van der Waals surface area contributed by atoms with Gasteiger partial charge in [0.2, 0.25) is 0 Å². The van der Waals surface area contributed by atoms with E-state index in [4.69, 9.17) is 0 Å². The number of aromatic nitrogens is 1. The van der Waals surface area contributed by atoms with Crippen molar-refractivity contribution in [3.63, 3.8) is 0 Å². The van der Waals surface area contributed by atoms with Gasteiger partial charge in [-0.3, -0.25) is 0 Å². The second-order valence-corrected chi connectivity index (χ2v) is 6.73. The summed E-state index contributed by atoms with van der Waals surface area (Å²) in [7, 11) is 0. The molecule has 3 heteroatoms. The molecule has 1 saturated carbocycles. The smallest absolute Gasteiger partial charge is 0.123 e. The van der Waals surface area contributed by atoms with E-state index in [1.165, 1.54) is 24.1 Å². The molecule has 2 bridgehead atoms. The fraction of sp³-hybridized carbons (Fsp3) is 0.353. The standard InChI is InChI=1S/C17H18N2S/c1-2-14-9-12(1)10-15(14)11-19-16-5-3-13(4-6-16)17-18-7-8-20-17/h1-8,12,14-15,19H,9-11H2. The second-order valence-electron chi connectivity index (χ2n) is 5.84. The first-order valence-corrected chi connectivity index (χ1v) is 8.18. The zero-order valence-corrected chi connectivity index (χ0v) is 12.1. The summed E-state index contributed by atoms with van der Waals surface area (Å²) in [6.45, 7) is 1.10. The lowest BCUT2D eigenvalue weighted by Gasteiger charge is -2.19. The summed E-state index contributed by atoms with van der Waals surface area (Å²) in [5, 5.41) is 6.70. The summed E-state index contributed by atoms with van der Waals surface area (Å²) in [5.41, 5.74) is 2.42. The molecular weight excluding hydrogens is 264 g/mol. The van der Waals surface area contributed by atoms with Crippen molar-refractivity contribution in [2.45, 2.75) is 12.8 Å². The Kier molecular flexibility index (Phi) is 3.07. The number of hydrogen-bond acceptors (Lipinski definition) is 3. The van der Waals surface area contributed by atoms with Gasteiger partial charge < -0.3 is 5.32 Å².